The van der Waals surface area contributed by atoms with Crippen LogP contribution in [0.15, 0.2) is 40.9 Å². The smallest absolute Gasteiger partial charge is 0.0642 e. The molecule has 0 spiro atoms. The van der Waals surface area contributed by atoms with Crippen LogP contribution >= 0.6 is 50.7 Å². The normalized spacial score (nSPS) is 10.6. The molecule has 4 heteroatoms. The Morgan fingerprint density at radius 3 is 2.06 bits per heavy atom. The Hall–Kier alpha value is -0.210. The third-order valence-corrected chi connectivity index (χ3v) is 4.16. The van der Waals surface area contributed by atoms with Gasteiger partial charge in [-0.3, -0.25) is 0 Å². The van der Waals surface area contributed by atoms with Gasteiger partial charge in [0.05, 0.1) is 10.0 Å². The molecule has 0 aliphatic heterocycles. The van der Waals surface area contributed by atoms with Gasteiger partial charge in [-0.1, -0.05) is 62.9 Å². The van der Waals surface area contributed by atoms with Gasteiger partial charge in [-0.25, -0.2) is 0 Å². The van der Waals surface area contributed by atoms with Crippen molar-refractivity contribution in [2.24, 2.45) is 0 Å². The molecule has 0 atom stereocenters. The monoisotopic (exact) mass is 348 g/mol. The Kier molecular flexibility index (Phi) is 4.37. The van der Waals surface area contributed by atoms with Crippen molar-refractivity contribution < 1.29 is 0 Å². The minimum absolute atomic E-state index is 0.530. The van der Waals surface area contributed by atoms with E-state index in [0.29, 0.717) is 21.5 Å². The van der Waals surface area contributed by atoms with Crippen molar-refractivity contribution in [1.82, 2.24) is 0 Å². The Morgan fingerprint density at radius 1 is 0.824 bits per heavy atom. The van der Waals surface area contributed by atoms with Crippen molar-refractivity contribution in [3.63, 3.8) is 0 Å². The maximum atomic E-state index is 6.15. The first-order valence-electron chi connectivity index (χ1n) is 4.95. The minimum atomic E-state index is 0.530. The summed E-state index contributed by atoms with van der Waals surface area (Å²) in [5.74, 6) is 0. The molecule has 0 radical (unpaired) electrons. The summed E-state index contributed by atoms with van der Waals surface area (Å²) < 4.78 is 1.05. The highest BCUT2D eigenvalue weighted by molar-refractivity contribution is 9.10. The van der Waals surface area contributed by atoms with Crippen molar-refractivity contribution in [1.29, 1.82) is 0 Å². The average Bonchev–Trinajstić information content (AvgIpc) is 2.32. The van der Waals surface area contributed by atoms with E-state index < -0.39 is 0 Å². The van der Waals surface area contributed by atoms with E-state index in [-0.39, 0.29) is 0 Å². The number of hydrogen-bond donors (Lipinski definition) is 0. The lowest BCUT2D eigenvalue weighted by Gasteiger charge is -2.08. The van der Waals surface area contributed by atoms with Crippen LogP contribution in [0.4, 0.5) is 0 Å². The van der Waals surface area contributed by atoms with Crippen LogP contribution in [0.25, 0.3) is 0 Å². The number of benzene rings is 2. The molecule has 2 aromatic rings. The molecule has 0 aliphatic carbocycles. The standard InChI is InChI=1S/C13H8BrCl3/c14-9-3-1-8(2-4-9)7-10-11(15)5-6-12(16)13(10)17/h1-6H,7H2. The van der Waals surface area contributed by atoms with Crippen molar-refractivity contribution in [3.8, 4) is 0 Å². The van der Waals surface area contributed by atoms with Gasteiger partial charge < -0.3 is 0 Å². The molecule has 0 nitrogen and oxygen atoms in total. The average molecular weight is 350 g/mol. The second-order valence-electron chi connectivity index (χ2n) is 3.62. The third-order valence-electron chi connectivity index (χ3n) is 2.43. The molecule has 0 fully saturated rings. The van der Waals surface area contributed by atoms with E-state index in [1.165, 1.54) is 0 Å². The molecule has 0 unspecified atom stereocenters. The molecule has 0 saturated carbocycles. The van der Waals surface area contributed by atoms with Gasteiger partial charge in [-0.15, -0.1) is 0 Å². The zero-order chi connectivity index (χ0) is 12.4. The van der Waals surface area contributed by atoms with Crippen LogP contribution in [0.2, 0.25) is 15.1 Å². The highest BCUT2D eigenvalue weighted by Gasteiger charge is 2.10. The van der Waals surface area contributed by atoms with Crippen LogP contribution in [0.3, 0.4) is 0 Å². The molecule has 0 amide bonds. The van der Waals surface area contributed by atoms with E-state index in [1.807, 2.05) is 24.3 Å². The SMILES string of the molecule is Clc1ccc(Cl)c(Cc2ccc(Br)cc2)c1Cl. The van der Waals surface area contributed by atoms with Crippen LogP contribution in [-0.4, -0.2) is 0 Å². The van der Waals surface area contributed by atoms with Gasteiger partial charge in [0, 0.05) is 15.9 Å². The van der Waals surface area contributed by atoms with Crippen molar-refractivity contribution in [2.75, 3.05) is 0 Å². The lowest BCUT2D eigenvalue weighted by atomic mass is 10.1. The summed E-state index contributed by atoms with van der Waals surface area (Å²) in [5, 5.41) is 1.70. The first-order valence-corrected chi connectivity index (χ1v) is 6.87. The Bertz CT molecular complexity index is 535. The summed E-state index contributed by atoms with van der Waals surface area (Å²) in [6.45, 7) is 0. The fourth-order valence-corrected chi connectivity index (χ4v) is 2.48. The van der Waals surface area contributed by atoms with Crippen molar-refractivity contribution in [3.05, 3.63) is 67.1 Å². The van der Waals surface area contributed by atoms with Crippen molar-refractivity contribution >= 4 is 50.7 Å². The molecule has 0 saturated heterocycles. The topological polar surface area (TPSA) is 0 Å². The summed E-state index contributed by atoms with van der Waals surface area (Å²) in [6.07, 6.45) is 0.672. The lowest BCUT2D eigenvalue weighted by Crippen LogP contribution is -1.91. The molecule has 88 valence electrons. The van der Waals surface area contributed by atoms with E-state index in [2.05, 4.69) is 15.9 Å². The Morgan fingerprint density at radius 2 is 1.41 bits per heavy atom. The molecule has 0 aromatic heterocycles. The zero-order valence-corrected chi connectivity index (χ0v) is 12.5. The molecule has 17 heavy (non-hydrogen) atoms. The Balaban J connectivity index is 2.36. The van der Waals surface area contributed by atoms with Crippen LogP contribution in [0.1, 0.15) is 11.1 Å². The minimum Gasteiger partial charge on any atom is -0.0840 e. The number of hydrogen-bond acceptors (Lipinski definition) is 0. The second kappa shape index (κ2) is 5.62. The molecule has 0 aliphatic rings. The fourth-order valence-electron chi connectivity index (χ4n) is 1.54. The molecule has 0 heterocycles. The molecular formula is C13H8BrCl3. The number of halogens is 4. The van der Waals surface area contributed by atoms with Gasteiger partial charge in [-0.05, 0) is 35.4 Å². The summed E-state index contributed by atoms with van der Waals surface area (Å²) in [7, 11) is 0. The summed E-state index contributed by atoms with van der Waals surface area (Å²) in [6, 6.07) is 11.5. The van der Waals surface area contributed by atoms with Gasteiger partial charge in [-0.2, -0.15) is 0 Å². The highest BCUT2D eigenvalue weighted by Crippen LogP contribution is 2.33. The summed E-state index contributed by atoms with van der Waals surface area (Å²) in [5.41, 5.74) is 2.00. The summed E-state index contributed by atoms with van der Waals surface area (Å²) >= 11 is 21.7. The highest BCUT2D eigenvalue weighted by atomic mass is 79.9. The van der Waals surface area contributed by atoms with E-state index in [0.717, 1.165) is 15.6 Å². The predicted molar refractivity (Wildman–Crippen MR) is 78.4 cm³/mol. The quantitative estimate of drug-likeness (QED) is 0.583. The fraction of sp³-hybridized carbons (Fsp3) is 0.0769. The van der Waals surface area contributed by atoms with Crippen LogP contribution in [-0.2, 0) is 6.42 Å². The second-order valence-corrected chi connectivity index (χ2v) is 5.73. The van der Waals surface area contributed by atoms with Gasteiger partial charge in [0.25, 0.3) is 0 Å². The van der Waals surface area contributed by atoms with Crippen molar-refractivity contribution in [2.45, 2.75) is 6.42 Å². The van der Waals surface area contributed by atoms with E-state index >= 15 is 0 Å². The van der Waals surface area contributed by atoms with Gasteiger partial charge in [0.15, 0.2) is 0 Å². The van der Waals surface area contributed by atoms with E-state index in [9.17, 15) is 0 Å². The zero-order valence-electron chi connectivity index (χ0n) is 8.68. The van der Waals surface area contributed by atoms with E-state index in [1.54, 1.807) is 12.1 Å². The van der Waals surface area contributed by atoms with Gasteiger partial charge in [0.1, 0.15) is 0 Å². The largest absolute Gasteiger partial charge is 0.0840 e. The van der Waals surface area contributed by atoms with Gasteiger partial charge in [0.2, 0.25) is 0 Å². The van der Waals surface area contributed by atoms with Crippen LogP contribution < -0.4 is 0 Å². The summed E-state index contributed by atoms with van der Waals surface area (Å²) in [4.78, 5) is 0. The predicted octanol–water partition coefficient (Wildman–Crippen LogP) is 6.00. The van der Waals surface area contributed by atoms with Crippen LogP contribution in [0.5, 0.6) is 0 Å². The molecule has 0 bridgehead atoms. The lowest BCUT2D eigenvalue weighted by molar-refractivity contribution is 1.19. The molecular weight excluding hydrogens is 342 g/mol. The number of rotatable bonds is 2. The third kappa shape index (κ3) is 3.17. The molecule has 2 rings (SSSR count). The molecule has 0 N–H and O–H groups in total. The van der Waals surface area contributed by atoms with Gasteiger partial charge >= 0.3 is 0 Å². The maximum absolute atomic E-state index is 6.15. The molecule has 2 aromatic carbocycles. The Labute approximate surface area is 124 Å². The first-order chi connectivity index (χ1) is 8.08. The van der Waals surface area contributed by atoms with Crippen LogP contribution in [0, 0.1) is 0 Å². The first kappa shape index (κ1) is 13.2. The van der Waals surface area contributed by atoms with E-state index in [4.69, 9.17) is 34.8 Å². The maximum Gasteiger partial charge on any atom is 0.0642 e.